The fourth-order valence-corrected chi connectivity index (χ4v) is 3.48. The number of benzene rings is 3. The van der Waals surface area contributed by atoms with E-state index < -0.39 is 5.60 Å². The van der Waals surface area contributed by atoms with Gasteiger partial charge in [0.25, 0.3) is 0 Å². The summed E-state index contributed by atoms with van der Waals surface area (Å²) >= 11 is 0. The van der Waals surface area contributed by atoms with Crippen molar-refractivity contribution in [3.05, 3.63) is 83.4 Å². The minimum absolute atomic E-state index is 0.103. The van der Waals surface area contributed by atoms with Gasteiger partial charge in [-0.25, -0.2) is 0 Å². The van der Waals surface area contributed by atoms with Crippen molar-refractivity contribution < 1.29 is 24.8 Å². The number of aromatic hydroxyl groups is 2. The van der Waals surface area contributed by atoms with Gasteiger partial charge < -0.3 is 24.8 Å². The highest BCUT2D eigenvalue weighted by molar-refractivity contribution is 5.49. The van der Waals surface area contributed by atoms with Crippen LogP contribution in [0, 0.1) is 0 Å². The van der Waals surface area contributed by atoms with Crippen LogP contribution in [0.1, 0.15) is 16.7 Å². The largest absolute Gasteiger partial charge is 0.504 e. The van der Waals surface area contributed by atoms with Crippen LogP contribution < -0.4 is 9.47 Å². The van der Waals surface area contributed by atoms with Crippen LogP contribution in [0.2, 0.25) is 0 Å². The molecule has 5 nitrogen and oxygen atoms in total. The Hall–Kier alpha value is -3.18. The van der Waals surface area contributed by atoms with E-state index in [1.54, 1.807) is 6.07 Å². The van der Waals surface area contributed by atoms with Crippen molar-refractivity contribution in [3.8, 4) is 23.0 Å². The van der Waals surface area contributed by atoms with E-state index >= 15 is 0 Å². The monoisotopic (exact) mass is 378 g/mol. The second-order valence-electron chi connectivity index (χ2n) is 7.23. The fraction of sp³-hybridized carbons (Fsp3) is 0.217. The lowest BCUT2D eigenvalue weighted by molar-refractivity contribution is 0.00426. The maximum absolute atomic E-state index is 10.9. The summed E-state index contributed by atoms with van der Waals surface area (Å²) in [5.41, 5.74) is 1.64. The molecule has 0 atom stereocenters. The maximum atomic E-state index is 10.9. The van der Waals surface area contributed by atoms with E-state index in [2.05, 4.69) is 0 Å². The predicted molar refractivity (Wildman–Crippen MR) is 105 cm³/mol. The Kier molecular flexibility index (Phi) is 4.84. The van der Waals surface area contributed by atoms with Crippen LogP contribution in [0.25, 0.3) is 0 Å². The molecular weight excluding hydrogens is 356 g/mol. The van der Waals surface area contributed by atoms with Gasteiger partial charge in [-0.2, -0.15) is 0 Å². The molecule has 0 saturated carbocycles. The van der Waals surface area contributed by atoms with Gasteiger partial charge in [-0.1, -0.05) is 36.4 Å². The maximum Gasteiger partial charge on any atom is 0.157 e. The van der Waals surface area contributed by atoms with Crippen LogP contribution in [-0.2, 0) is 19.4 Å². The molecule has 0 amide bonds. The topological polar surface area (TPSA) is 79.2 Å². The van der Waals surface area contributed by atoms with Gasteiger partial charge in [0, 0.05) is 18.9 Å². The molecular formula is C23H22O5. The molecule has 0 radical (unpaired) electrons. The first-order valence-electron chi connectivity index (χ1n) is 9.16. The number of rotatable bonds is 6. The van der Waals surface area contributed by atoms with Crippen molar-refractivity contribution >= 4 is 0 Å². The SMILES string of the molecule is Oc1cc2c(cc1O)CC(O)(COc1cccc(OCc3ccccc3)c1)C2. The van der Waals surface area contributed by atoms with Gasteiger partial charge in [-0.15, -0.1) is 0 Å². The number of hydrogen-bond donors (Lipinski definition) is 3. The highest BCUT2D eigenvalue weighted by Gasteiger charge is 2.36. The normalized spacial score (nSPS) is 14.5. The Bertz CT molecular complexity index is 937. The van der Waals surface area contributed by atoms with Gasteiger partial charge in [0.05, 0.1) is 0 Å². The van der Waals surface area contributed by atoms with E-state index in [1.807, 2.05) is 48.5 Å². The second-order valence-corrected chi connectivity index (χ2v) is 7.23. The Morgan fingerprint density at radius 2 is 1.36 bits per heavy atom. The van der Waals surface area contributed by atoms with Crippen molar-refractivity contribution in [1.29, 1.82) is 0 Å². The average Bonchev–Trinajstić information content (AvgIpc) is 3.02. The summed E-state index contributed by atoms with van der Waals surface area (Å²) in [4.78, 5) is 0. The Morgan fingerprint density at radius 3 is 2.00 bits per heavy atom. The second kappa shape index (κ2) is 7.44. The van der Waals surface area contributed by atoms with Gasteiger partial charge in [-0.05, 0) is 41.0 Å². The first kappa shape index (κ1) is 18.2. The molecule has 1 aliphatic rings. The molecule has 5 heteroatoms. The molecule has 0 unspecified atom stereocenters. The van der Waals surface area contributed by atoms with Gasteiger partial charge in [-0.3, -0.25) is 0 Å². The lowest BCUT2D eigenvalue weighted by Gasteiger charge is -2.22. The Labute approximate surface area is 163 Å². The molecule has 0 heterocycles. The molecule has 4 rings (SSSR count). The highest BCUT2D eigenvalue weighted by Crippen LogP contribution is 2.37. The minimum Gasteiger partial charge on any atom is -0.504 e. The first-order valence-corrected chi connectivity index (χ1v) is 9.16. The number of phenolic OH excluding ortho intramolecular Hbond substituents is 2. The van der Waals surface area contributed by atoms with Gasteiger partial charge in [0.1, 0.15) is 30.3 Å². The molecule has 3 aromatic rings. The summed E-state index contributed by atoms with van der Waals surface area (Å²) < 4.78 is 11.6. The molecule has 0 aromatic heterocycles. The summed E-state index contributed by atoms with van der Waals surface area (Å²) in [7, 11) is 0. The van der Waals surface area contributed by atoms with Crippen LogP contribution in [-0.4, -0.2) is 27.5 Å². The summed E-state index contributed by atoms with van der Waals surface area (Å²) in [5.74, 6) is 0.956. The average molecular weight is 378 g/mol. The number of ether oxygens (including phenoxy) is 2. The van der Waals surface area contributed by atoms with Gasteiger partial charge in [0.15, 0.2) is 11.5 Å². The van der Waals surface area contributed by atoms with Crippen LogP contribution in [0.4, 0.5) is 0 Å². The smallest absolute Gasteiger partial charge is 0.157 e. The third kappa shape index (κ3) is 4.05. The molecule has 3 aromatic carbocycles. The third-order valence-electron chi connectivity index (χ3n) is 4.90. The number of hydrogen-bond acceptors (Lipinski definition) is 5. The molecule has 0 fully saturated rings. The number of phenols is 2. The molecule has 0 aliphatic heterocycles. The zero-order valence-corrected chi connectivity index (χ0v) is 15.3. The van der Waals surface area contributed by atoms with E-state index in [9.17, 15) is 15.3 Å². The van der Waals surface area contributed by atoms with Crippen LogP contribution in [0.3, 0.4) is 0 Å². The summed E-state index contributed by atoms with van der Waals surface area (Å²) in [6.07, 6.45) is 0.723. The van der Waals surface area contributed by atoms with Crippen molar-refractivity contribution in [2.45, 2.75) is 25.0 Å². The van der Waals surface area contributed by atoms with E-state index in [-0.39, 0.29) is 18.1 Å². The molecule has 0 saturated heterocycles. The highest BCUT2D eigenvalue weighted by atomic mass is 16.5. The van der Waals surface area contributed by atoms with Crippen LogP contribution in [0.5, 0.6) is 23.0 Å². The first-order chi connectivity index (χ1) is 13.5. The summed E-state index contributed by atoms with van der Waals surface area (Å²) in [6, 6.07) is 20.2. The van der Waals surface area contributed by atoms with E-state index in [0.29, 0.717) is 30.9 Å². The molecule has 3 N–H and O–H groups in total. The van der Waals surface area contributed by atoms with Gasteiger partial charge >= 0.3 is 0 Å². The number of fused-ring (bicyclic) bond motifs is 1. The minimum atomic E-state index is -1.08. The Balaban J connectivity index is 1.37. The van der Waals surface area contributed by atoms with Crippen molar-refractivity contribution in [2.75, 3.05) is 6.61 Å². The standard InChI is InChI=1S/C23H22O5/c24-21-9-17-12-23(26,13-18(17)10-22(21)25)15-28-20-8-4-7-19(11-20)27-14-16-5-2-1-3-6-16/h1-11,24-26H,12-15H2. The van der Waals surface area contributed by atoms with Gasteiger partial charge in [0.2, 0.25) is 0 Å². The number of aliphatic hydroxyl groups is 1. The zero-order chi connectivity index (χ0) is 19.6. The van der Waals surface area contributed by atoms with Crippen molar-refractivity contribution in [1.82, 2.24) is 0 Å². The molecule has 28 heavy (non-hydrogen) atoms. The summed E-state index contributed by atoms with van der Waals surface area (Å²) in [6.45, 7) is 0.571. The van der Waals surface area contributed by atoms with Crippen LogP contribution >= 0.6 is 0 Å². The molecule has 0 spiro atoms. The summed E-state index contributed by atoms with van der Waals surface area (Å²) in [5, 5.41) is 30.2. The van der Waals surface area contributed by atoms with Crippen molar-refractivity contribution in [3.63, 3.8) is 0 Å². The van der Waals surface area contributed by atoms with E-state index in [0.717, 1.165) is 16.7 Å². The van der Waals surface area contributed by atoms with Crippen molar-refractivity contribution in [2.24, 2.45) is 0 Å². The molecule has 0 bridgehead atoms. The van der Waals surface area contributed by atoms with E-state index in [1.165, 1.54) is 12.1 Å². The molecule has 1 aliphatic carbocycles. The Morgan fingerprint density at radius 1 is 0.750 bits per heavy atom. The van der Waals surface area contributed by atoms with Crippen LogP contribution in [0.15, 0.2) is 66.7 Å². The lowest BCUT2D eigenvalue weighted by Crippen LogP contribution is -2.36. The van der Waals surface area contributed by atoms with E-state index in [4.69, 9.17) is 9.47 Å². The fourth-order valence-electron chi connectivity index (χ4n) is 3.48. The predicted octanol–water partition coefficient (Wildman–Crippen LogP) is 3.59. The third-order valence-corrected chi connectivity index (χ3v) is 4.90. The zero-order valence-electron chi connectivity index (χ0n) is 15.3. The molecule has 144 valence electrons. The lowest BCUT2D eigenvalue weighted by atomic mass is 10.0. The quantitative estimate of drug-likeness (QED) is 0.572.